The van der Waals surface area contributed by atoms with Crippen LogP contribution in [0.25, 0.3) is 0 Å². The van der Waals surface area contributed by atoms with Crippen LogP contribution in [0.15, 0.2) is 30.3 Å². The van der Waals surface area contributed by atoms with Crippen LogP contribution in [-0.2, 0) is 25.7 Å². The standard InChI is InChI=1S/C16H22O5/c1-16(2,3)21-14(18)9-13(10-17)15(19)20-11-12-7-5-4-6-8-12/h4-8,13,17H,9-11H2,1-3H3. The minimum atomic E-state index is -0.899. The van der Waals surface area contributed by atoms with Gasteiger partial charge in [-0.15, -0.1) is 0 Å². The van der Waals surface area contributed by atoms with Crippen LogP contribution in [0.5, 0.6) is 0 Å². The summed E-state index contributed by atoms with van der Waals surface area (Å²) in [5.41, 5.74) is 0.227. The summed E-state index contributed by atoms with van der Waals surface area (Å²) in [6, 6.07) is 9.20. The third-order valence-electron chi connectivity index (χ3n) is 2.61. The van der Waals surface area contributed by atoms with Crippen LogP contribution < -0.4 is 0 Å². The number of ether oxygens (including phenoxy) is 2. The van der Waals surface area contributed by atoms with Crippen LogP contribution >= 0.6 is 0 Å². The molecule has 1 unspecified atom stereocenters. The number of esters is 2. The normalized spacial score (nSPS) is 12.6. The lowest BCUT2D eigenvalue weighted by Gasteiger charge is -2.21. The fourth-order valence-electron chi connectivity index (χ4n) is 1.65. The van der Waals surface area contributed by atoms with E-state index in [1.807, 2.05) is 30.3 Å². The van der Waals surface area contributed by atoms with E-state index in [0.717, 1.165) is 5.56 Å². The van der Waals surface area contributed by atoms with Crippen LogP contribution in [0.2, 0.25) is 0 Å². The zero-order valence-corrected chi connectivity index (χ0v) is 12.7. The maximum Gasteiger partial charge on any atom is 0.312 e. The van der Waals surface area contributed by atoms with Crippen molar-refractivity contribution in [2.75, 3.05) is 6.61 Å². The molecular weight excluding hydrogens is 272 g/mol. The van der Waals surface area contributed by atoms with E-state index in [9.17, 15) is 14.7 Å². The van der Waals surface area contributed by atoms with Gasteiger partial charge < -0.3 is 14.6 Å². The Kier molecular flexibility index (Phi) is 6.37. The van der Waals surface area contributed by atoms with E-state index in [1.54, 1.807) is 20.8 Å². The number of hydrogen-bond donors (Lipinski definition) is 1. The summed E-state index contributed by atoms with van der Waals surface area (Å²) < 4.78 is 10.2. The molecule has 0 fully saturated rings. The Labute approximate surface area is 124 Å². The molecule has 1 aromatic carbocycles. The zero-order chi connectivity index (χ0) is 15.9. The van der Waals surface area contributed by atoms with E-state index in [-0.39, 0.29) is 13.0 Å². The highest BCUT2D eigenvalue weighted by Gasteiger charge is 2.26. The van der Waals surface area contributed by atoms with Crippen LogP contribution in [0.3, 0.4) is 0 Å². The van der Waals surface area contributed by atoms with Crippen LogP contribution in [-0.4, -0.2) is 29.3 Å². The Morgan fingerprint density at radius 1 is 1.19 bits per heavy atom. The maximum absolute atomic E-state index is 11.9. The number of carbonyl (C=O) groups excluding carboxylic acids is 2. The molecule has 0 saturated heterocycles. The SMILES string of the molecule is CC(C)(C)OC(=O)CC(CO)C(=O)OCc1ccccc1. The molecule has 21 heavy (non-hydrogen) atoms. The second kappa shape index (κ2) is 7.78. The number of benzene rings is 1. The summed E-state index contributed by atoms with van der Waals surface area (Å²) in [5.74, 6) is -2.03. The monoisotopic (exact) mass is 294 g/mol. The van der Waals surface area contributed by atoms with E-state index >= 15 is 0 Å². The van der Waals surface area contributed by atoms with Crippen LogP contribution in [0.4, 0.5) is 0 Å². The Morgan fingerprint density at radius 3 is 2.33 bits per heavy atom. The highest BCUT2D eigenvalue weighted by Crippen LogP contribution is 2.13. The molecule has 0 saturated carbocycles. The number of carbonyl (C=O) groups is 2. The number of aliphatic hydroxyl groups excluding tert-OH is 1. The fraction of sp³-hybridized carbons (Fsp3) is 0.500. The molecule has 0 aliphatic rings. The second-order valence-corrected chi connectivity index (χ2v) is 5.76. The summed E-state index contributed by atoms with van der Waals surface area (Å²) in [5, 5.41) is 9.23. The zero-order valence-electron chi connectivity index (χ0n) is 12.7. The largest absolute Gasteiger partial charge is 0.461 e. The molecule has 0 aliphatic heterocycles. The van der Waals surface area contributed by atoms with Gasteiger partial charge in [-0.25, -0.2) is 0 Å². The van der Waals surface area contributed by atoms with Crippen molar-refractivity contribution in [2.45, 2.75) is 39.4 Å². The fourth-order valence-corrected chi connectivity index (χ4v) is 1.65. The average molecular weight is 294 g/mol. The first kappa shape index (κ1) is 17.2. The average Bonchev–Trinajstić information content (AvgIpc) is 2.41. The molecule has 0 bridgehead atoms. The number of rotatable bonds is 6. The molecule has 1 rings (SSSR count). The summed E-state index contributed by atoms with van der Waals surface area (Å²) >= 11 is 0. The first-order chi connectivity index (χ1) is 9.81. The van der Waals surface area contributed by atoms with Crippen molar-refractivity contribution in [1.82, 2.24) is 0 Å². The van der Waals surface area contributed by atoms with Gasteiger partial charge in [0.15, 0.2) is 0 Å². The smallest absolute Gasteiger partial charge is 0.312 e. The molecule has 5 heteroatoms. The molecule has 0 aromatic heterocycles. The van der Waals surface area contributed by atoms with Crippen molar-refractivity contribution >= 4 is 11.9 Å². The molecule has 0 spiro atoms. The van der Waals surface area contributed by atoms with Gasteiger partial charge in [0.05, 0.1) is 18.9 Å². The lowest BCUT2D eigenvalue weighted by atomic mass is 10.1. The van der Waals surface area contributed by atoms with Gasteiger partial charge in [0.1, 0.15) is 12.2 Å². The molecule has 0 heterocycles. The van der Waals surface area contributed by atoms with Crippen molar-refractivity contribution in [3.63, 3.8) is 0 Å². The number of aliphatic hydroxyl groups is 1. The van der Waals surface area contributed by atoms with Crippen LogP contribution in [0.1, 0.15) is 32.8 Å². The molecule has 0 amide bonds. The van der Waals surface area contributed by atoms with E-state index in [2.05, 4.69) is 0 Å². The molecule has 1 N–H and O–H groups in total. The van der Waals surface area contributed by atoms with Gasteiger partial charge in [-0.05, 0) is 26.3 Å². The van der Waals surface area contributed by atoms with Crippen molar-refractivity contribution in [3.05, 3.63) is 35.9 Å². The third kappa shape index (κ3) is 6.90. The first-order valence-corrected chi connectivity index (χ1v) is 6.85. The quantitative estimate of drug-likeness (QED) is 0.813. The predicted octanol–water partition coefficient (Wildman–Crippen LogP) is 2.07. The molecule has 116 valence electrons. The summed E-state index contributed by atoms with van der Waals surface area (Å²) in [7, 11) is 0. The van der Waals surface area contributed by atoms with Crippen molar-refractivity contribution in [1.29, 1.82) is 0 Å². The topological polar surface area (TPSA) is 72.8 Å². The Balaban J connectivity index is 2.48. The molecule has 0 aliphatic carbocycles. The van der Waals surface area contributed by atoms with Crippen molar-refractivity contribution < 1.29 is 24.2 Å². The van der Waals surface area contributed by atoms with Gasteiger partial charge in [-0.1, -0.05) is 30.3 Å². The minimum Gasteiger partial charge on any atom is -0.461 e. The third-order valence-corrected chi connectivity index (χ3v) is 2.61. The minimum absolute atomic E-state index is 0.116. The second-order valence-electron chi connectivity index (χ2n) is 5.76. The van der Waals surface area contributed by atoms with Gasteiger partial charge in [-0.3, -0.25) is 9.59 Å². The van der Waals surface area contributed by atoms with Gasteiger partial charge in [0, 0.05) is 0 Å². The highest BCUT2D eigenvalue weighted by atomic mass is 16.6. The van der Waals surface area contributed by atoms with Gasteiger partial charge >= 0.3 is 11.9 Å². The summed E-state index contributed by atoms with van der Waals surface area (Å²) in [6.07, 6.45) is -0.193. The van der Waals surface area contributed by atoms with Crippen molar-refractivity contribution in [3.8, 4) is 0 Å². The highest BCUT2D eigenvalue weighted by molar-refractivity contribution is 5.80. The Morgan fingerprint density at radius 2 is 1.81 bits per heavy atom. The van der Waals surface area contributed by atoms with Gasteiger partial charge in [0.25, 0.3) is 0 Å². The van der Waals surface area contributed by atoms with E-state index in [4.69, 9.17) is 9.47 Å². The molecule has 5 nitrogen and oxygen atoms in total. The summed E-state index contributed by atoms with van der Waals surface area (Å²) in [4.78, 5) is 23.5. The van der Waals surface area contributed by atoms with Gasteiger partial charge in [0.2, 0.25) is 0 Å². The van der Waals surface area contributed by atoms with E-state index in [1.165, 1.54) is 0 Å². The predicted molar refractivity (Wildman–Crippen MR) is 77.3 cm³/mol. The lowest BCUT2D eigenvalue weighted by molar-refractivity contribution is -0.163. The Bertz CT molecular complexity index is 461. The molecular formula is C16H22O5. The molecule has 1 aromatic rings. The lowest BCUT2D eigenvalue weighted by Crippen LogP contribution is -2.29. The van der Waals surface area contributed by atoms with Gasteiger partial charge in [-0.2, -0.15) is 0 Å². The van der Waals surface area contributed by atoms with E-state index in [0.29, 0.717) is 0 Å². The van der Waals surface area contributed by atoms with Crippen LogP contribution in [0, 0.1) is 5.92 Å². The summed E-state index contributed by atoms with van der Waals surface area (Å²) in [6.45, 7) is 4.89. The Hall–Kier alpha value is -1.88. The maximum atomic E-state index is 11.9. The molecule has 1 atom stereocenters. The molecule has 0 radical (unpaired) electrons. The van der Waals surface area contributed by atoms with Crippen molar-refractivity contribution in [2.24, 2.45) is 5.92 Å². The number of hydrogen-bond acceptors (Lipinski definition) is 5. The van der Waals surface area contributed by atoms with E-state index < -0.39 is 30.1 Å². The first-order valence-electron chi connectivity index (χ1n) is 6.85.